The van der Waals surface area contributed by atoms with Crippen LogP contribution in [0.25, 0.3) is 27.3 Å². The average molecular weight is 549 g/mol. The predicted molar refractivity (Wildman–Crippen MR) is 178 cm³/mol. The van der Waals surface area contributed by atoms with Crippen molar-refractivity contribution in [1.82, 2.24) is 0 Å². The quantitative estimate of drug-likeness (QED) is 0.122. The SMILES string of the molecule is CCCCCCCCC1(CCCCCCCC)c2ccccc2-c2ccc(-c3cccp3-c3ccccc3)cc21. The first-order valence-corrected chi connectivity index (χ1v) is 17.7. The molecule has 0 amide bonds. The number of fused-ring (bicyclic) bond motifs is 3. The van der Waals surface area contributed by atoms with E-state index in [1.54, 1.807) is 11.1 Å². The van der Waals surface area contributed by atoms with Crippen LogP contribution in [-0.2, 0) is 5.41 Å². The minimum atomic E-state index is -0.435. The first kappa shape index (κ1) is 29.0. The molecule has 0 fully saturated rings. The lowest BCUT2D eigenvalue weighted by Gasteiger charge is -2.33. The Labute approximate surface area is 245 Å². The highest BCUT2D eigenvalue weighted by atomic mass is 31.1. The van der Waals surface area contributed by atoms with Crippen molar-refractivity contribution in [1.29, 1.82) is 0 Å². The molecule has 1 heteroatoms. The fourth-order valence-electron chi connectivity index (χ4n) is 7.12. The Morgan fingerprint density at radius 2 is 1.12 bits per heavy atom. The highest BCUT2D eigenvalue weighted by Crippen LogP contribution is 2.56. The monoisotopic (exact) mass is 548 g/mol. The maximum absolute atomic E-state index is 2.63. The van der Waals surface area contributed by atoms with Crippen LogP contribution in [0.5, 0.6) is 0 Å². The lowest BCUT2D eigenvalue weighted by atomic mass is 9.70. The highest BCUT2D eigenvalue weighted by Gasteiger charge is 2.42. The van der Waals surface area contributed by atoms with Crippen molar-refractivity contribution in [2.45, 2.75) is 109 Å². The van der Waals surface area contributed by atoms with Crippen LogP contribution in [0, 0.1) is 0 Å². The van der Waals surface area contributed by atoms with Gasteiger partial charge in [-0.2, -0.15) is 0 Å². The van der Waals surface area contributed by atoms with Crippen LogP contribution in [0.15, 0.2) is 90.7 Å². The van der Waals surface area contributed by atoms with E-state index in [2.05, 4.69) is 105 Å². The fourth-order valence-corrected chi connectivity index (χ4v) is 9.15. The van der Waals surface area contributed by atoms with Crippen molar-refractivity contribution < 1.29 is 0 Å². The summed E-state index contributed by atoms with van der Waals surface area (Å²) in [4.78, 5) is 0. The van der Waals surface area contributed by atoms with Crippen molar-refractivity contribution in [3.8, 4) is 27.3 Å². The first-order chi connectivity index (χ1) is 19.8. The van der Waals surface area contributed by atoms with Crippen molar-refractivity contribution in [3.63, 3.8) is 0 Å². The van der Waals surface area contributed by atoms with Crippen LogP contribution in [0.3, 0.4) is 0 Å². The summed E-state index contributed by atoms with van der Waals surface area (Å²) < 4.78 is 0. The summed E-state index contributed by atoms with van der Waals surface area (Å²) in [7, 11) is -0.435. The summed E-state index contributed by atoms with van der Waals surface area (Å²) in [6.45, 7) is 4.64. The number of benzene rings is 3. The molecule has 0 radical (unpaired) electrons. The van der Waals surface area contributed by atoms with Crippen molar-refractivity contribution >= 4 is 7.53 Å². The summed E-state index contributed by atoms with van der Waals surface area (Å²) in [5.74, 6) is 2.43. The van der Waals surface area contributed by atoms with Crippen LogP contribution in [0.2, 0.25) is 0 Å². The average Bonchev–Trinajstić information content (AvgIpc) is 3.59. The van der Waals surface area contributed by atoms with Gasteiger partial charge in [0.15, 0.2) is 0 Å². The molecule has 0 bridgehead atoms. The number of hydrogen-bond donors (Lipinski definition) is 0. The zero-order valence-electron chi connectivity index (χ0n) is 25.0. The van der Waals surface area contributed by atoms with Crippen LogP contribution in [0.4, 0.5) is 0 Å². The molecule has 5 rings (SSSR count). The largest absolute Gasteiger partial charge is 0.0853 e. The van der Waals surface area contributed by atoms with Gasteiger partial charge < -0.3 is 0 Å². The van der Waals surface area contributed by atoms with Crippen LogP contribution in [0.1, 0.15) is 115 Å². The van der Waals surface area contributed by atoms with Crippen LogP contribution in [-0.4, -0.2) is 0 Å². The van der Waals surface area contributed by atoms with Crippen molar-refractivity contribution in [2.75, 3.05) is 0 Å². The number of rotatable bonds is 16. The zero-order chi connectivity index (χ0) is 27.6. The van der Waals surface area contributed by atoms with E-state index < -0.39 is 7.53 Å². The van der Waals surface area contributed by atoms with Gasteiger partial charge >= 0.3 is 0 Å². The van der Waals surface area contributed by atoms with Crippen LogP contribution < -0.4 is 0 Å². The van der Waals surface area contributed by atoms with E-state index in [1.165, 1.54) is 117 Å². The molecule has 0 nitrogen and oxygen atoms in total. The second-order valence-electron chi connectivity index (χ2n) is 12.0. The standard InChI is InChI=1S/C39H49P/c1-3-5-7-9-11-18-28-39(29-19-12-10-8-6-4-2)36-24-17-16-23-34(36)35-27-26-32(31-37(35)39)38-25-20-30-40(38)33-21-14-13-15-22-33/h13-17,20-27,30-31H,3-12,18-19,28-29H2,1-2H3. The molecule has 0 saturated heterocycles. The zero-order valence-corrected chi connectivity index (χ0v) is 25.9. The predicted octanol–water partition coefficient (Wildman–Crippen LogP) is 13.1. The summed E-state index contributed by atoms with van der Waals surface area (Å²) in [5.41, 5.74) is 7.79. The molecule has 4 aromatic rings. The Bertz CT molecular complexity index is 1310. The van der Waals surface area contributed by atoms with Gasteiger partial charge in [-0.1, -0.05) is 171 Å². The van der Waals surface area contributed by atoms with Gasteiger partial charge in [0.25, 0.3) is 0 Å². The van der Waals surface area contributed by atoms with Gasteiger partial charge in [0, 0.05) is 10.7 Å². The molecule has 1 heterocycles. The Morgan fingerprint density at radius 3 is 1.82 bits per heavy atom. The minimum absolute atomic E-state index is 0.152. The Kier molecular flexibility index (Phi) is 10.4. The summed E-state index contributed by atoms with van der Waals surface area (Å²) in [6.07, 6.45) is 18.9. The molecule has 210 valence electrons. The molecule has 0 N–H and O–H groups in total. The molecule has 1 aliphatic rings. The van der Waals surface area contributed by atoms with Crippen molar-refractivity contribution in [3.05, 3.63) is 102 Å². The minimum Gasteiger partial charge on any atom is -0.0853 e. The van der Waals surface area contributed by atoms with Crippen LogP contribution >= 0.6 is 7.53 Å². The molecule has 0 aliphatic heterocycles. The third-order valence-electron chi connectivity index (χ3n) is 9.26. The van der Waals surface area contributed by atoms with Gasteiger partial charge in [0.1, 0.15) is 0 Å². The molecule has 0 saturated carbocycles. The topological polar surface area (TPSA) is 0 Å². The maximum atomic E-state index is 2.63. The van der Waals surface area contributed by atoms with E-state index in [4.69, 9.17) is 0 Å². The second-order valence-corrected chi connectivity index (χ2v) is 14.1. The first-order valence-electron chi connectivity index (χ1n) is 16.3. The van der Waals surface area contributed by atoms with Gasteiger partial charge in [0.05, 0.1) is 0 Å². The van der Waals surface area contributed by atoms with E-state index in [1.807, 2.05) is 0 Å². The molecule has 3 aromatic carbocycles. The Morgan fingerprint density at radius 1 is 0.525 bits per heavy atom. The Balaban J connectivity index is 1.50. The lowest BCUT2D eigenvalue weighted by Crippen LogP contribution is -2.25. The molecule has 1 aromatic heterocycles. The third kappa shape index (κ3) is 6.34. The normalized spacial score (nSPS) is 13.8. The fraction of sp³-hybridized carbons (Fsp3) is 0.436. The van der Waals surface area contributed by atoms with E-state index in [-0.39, 0.29) is 5.41 Å². The summed E-state index contributed by atoms with van der Waals surface area (Å²) in [5, 5.41) is 2.96. The molecule has 0 spiro atoms. The molecular weight excluding hydrogens is 499 g/mol. The van der Waals surface area contributed by atoms with E-state index in [0.29, 0.717) is 0 Å². The highest BCUT2D eigenvalue weighted by molar-refractivity contribution is 7.59. The van der Waals surface area contributed by atoms with Gasteiger partial charge in [-0.25, -0.2) is 0 Å². The summed E-state index contributed by atoms with van der Waals surface area (Å²) in [6, 6.07) is 32.7. The van der Waals surface area contributed by atoms with E-state index in [0.717, 1.165) is 0 Å². The second kappa shape index (κ2) is 14.4. The smallest absolute Gasteiger partial charge is 0.0215 e. The summed E-state index contributed by atoms with van der Waals surface area (Å²) >= 11 is 0. The molecule has 40 heavy (non-hydrogen) atoms. The van der Waals surface area contributed by atoms with Gasteiger partial charge in [0.2, 0.25) is 0 Å². The van der Waals surface area contributed by atoms with Crippen molar-refractivity contribution in [2.24, 2.45) is 0 Å². The number of hydrogen-bond acceptors (Lipinski definition) is 0. The van der Waals surface area contributed by atoms with Gasteiger partial charge in [-0.3, -0.25) is 0 Å². The maximum Gasteiger partial charge on any atom is 0.0215 e. The molecule has 1 aliphatic carbocycles. The lowest BCUT2D eigenvalue weighted by molar-refractivity contribution is 0.398. The van der Waals surface area contributed by atoms with E-state index in [9.17, 15) is 0 Å². The third-order valence-corrected chi connectivity index (χ3v) is 11.5. The molecular formula is C39H49P. The van der Waals surface area contributed by atoms with Gasteiger partial charge in [-0.15, -0.1) is 0 Å². The van der Waals surface area contributed by atoms with E-state index >= 15 is 0 Å². The number of unbranched alkanes of at least 4 members (excludes halogenated alkanes) is 10. The van der Waals surface area contributed by atoms with Gasteiger partial charge in [-0.05, 0) is 63.9 Å². The molecule has 1 atom stereocenters. The molecule has 1 unspecified atom stereocenters. The Hall–Kier alpha value is -2.56.